The van der Waals surface area contributed by atoms with Crippen molar-refractivity contribution in [1.82, 2.24) is 10.2 Å². The summed E-state index contributed by atoms with van der Waals surface area (Å²) in [7, 11) is 0. The van der Waals surface area contributed by atoms with Crippen LogP contribution in [0.4, 0.5) is 0 Å². The molecule has 1 N–H and O–H groups in total. The molecule has 2 aliphatic rings. The quantitative estimate of drug-likeness (QED) is 0.905. The fourth-order valence-corrected chi connectivity index (χ4v) is 3.56. The largest absolute Gasteiger partial charge is 0.465 e. The number of fused-ring (bicyclic) bond motifs is 1. The third kappa shape index (κ3) is 3.50. The molecule has 0 amide bonds. The maximum atomic E-state index is 5.90. The molecule has 2 fully saturated rings. The van der Waals surface area contributed by atoms with Crippen LogP contribution in [-0.2, 0) is 17.8 Å². The van der Waals surface area contributed by atoms with Gasteiger partial charge in [0.15, 0.2) is 0 Å². The van der Waals surface area contributed by atoms with E-state index in [1.54, 1.807) is 0 Å². The van der Waals surface area contributed by atoms with Crippen LogP contribution in [0, 0.1) is 6.92 Å². The highest BCUT2D eigenvalue weighted by Crippen LogP contribution is 2.31. The molecule has 1 saturated carbocycles. The lowest BCUT2D eigenvalue weighted by Crippen LogP contribution is -2.47. The van der Waals surface area contributed by atoms with Crippen LogP contribution < -0.4 is 5.32 Å². The van der Waals surface area contributed by atoms with Crippen molar-refractivity contribution >= 4 is 0 Å². The number of furan rings is 1. The summed E-state index contributed by atoms with van der Waals surface area (Å²) in [4.78, 5) is 2.60. The number of hydrogen-bond acceptors (Lipinski definition) is 4. The Kier molecular flexibility index (Phi) is 4.67. The second-order valence-corrected chi connectivity index (χ2v) is 6.71. The van der Waals surface area contributed by atoms with Gasteiger partial charge in [0.05, 0.1) is 19.3 Å². The van der Waals surface area contributed by atoms with Gasteiger partial charge in [-0.3, -0.25) is 4.90 Å². The third-order valence-electron chi connectivity index (χ3n) is 4.73. The molecule has 118 valence electrons. The highest BCUT2D eigenvalue weighted by atomic mass is 16.5. The van der Waals surface area contributed by atoms with Crippen LogP contribution in [0.3, 0.4) is 0 Å². The molecule has 0 radical (unpaired) electrons. The zero-order valence-electron chi connectivity index (χ0n) is 13.5. The van der Waals surface area contributed by atoms with E-state index in [-0.39, 0.29) is 0 Å². The van der Waals surface area contributed by atoms with E-state index >= 15 is 0 Å². The van der Waals surface area contributed by atoms with E-state index in [1.165, 1.54) is 24.8 Å². The molecule has 1 aromatic heterocycles. The van der Waals surface area contributed by atoms with Gasteiger partial charge in [0.1, 0.15) is 11.5 Å². The second kappa shape index (κ2) is 6.51. The summed E-state index contributed by atoms with van der Waals surface area (Å²) in [5.74, 6) is 2.11. The van der Waals surface area contributed by atoms with Gasteiger partial charge in [-0.1, -0.05) is 13.8 Å². The molecule has 1 saturated heterocycles. The van der Waals surface area contributed by atoms with E-state index in [1.807, 2.05) is 0 Å². The monoisotopic (exact) mass is 292 g/mol. The van der Waals surface area contributed by atoms with Gasteiger partial charge < -0.3 is 14.5 Å². The number of nitrogens with zero attached hydrogens (tertiary/aromatic N) is 1. The van der Waals surface area contributed by atoms with E-state index in [0.717, 1.165) is 37.8 Å². The van der Waals surface area contributed by atoms with Crippen molar-refractivity contribution in [3.63, 3.8) is 0 Å². The van der Waals surface area contributed by atoms with Gasteiger partial charge in [0.25, 0.3) is 0 Å². The maximum absolute atomic E-state index is 5.90. The lowest BCUT2D eigenvalue weighted by molar-refractivity contribution is -0.0589. The van der Waals surface area contributed by atoms with Gasteiger partial charge in [0.2, 0.25) is 0 Å². The number of morpholine rings is 1. The molecule has 4 nitrogen and oxygen atoms in total. The summed E-state index contributed by atoms with van der Waals surface area (Å²) in [6.45, 7) is 10.1. The van der Waals surface area contributed by atoms with Crippen molar-refractivity contribution in [2.75, 3.05) is 13.2 Å². The maximum Gasteiger partial charge on any atom is 0.118 e. The van der Waals surface area contributed by atoms with E-state index in [4.69, 9.17) is 9.15 Å². The predicted molar refractivity (Wildman–Crippen MR) is 83.2 cm³/mol. The number of hydrogen-bond donors (Lipinski definition) is 1. The molecule has 21 heavy (non-hydrogen) atoms. The minimum atomic E-state index is 0.466. The average molecular weight is 292 g/mol. The van der Waals surface area contributed by atoms with E-state index in [0.29, 0.717) is 18.2 Å². The topological polar surface area (TPSA) is 37.6 Å². The van der Waals surface area contributed by atoms with E-state index in [9.17, 15) is 0 Å². The molecule has 0 bridgehead atoms. The molecule has 1 aromatic rings. The summed E-state index contributed by atoms with van der Waals surface area (Å²) in [5, 5.41) is 3.42. The third-order valence-corrected chi connectivity index (χ3v) is 4.73. The Morgan fingerprint density at radius 3 is 3.05 bits per heavy atom. The van der Waals surface area contributed by atoms with Crippen LogP contribution >= 0.6 is 0 Å². The molecular weight excluding hydrogens is 264 g/mol. The summed E-state index contributed by atoms with van der Waals surface area (Å²) in [6, 6.07) is 3.33. The summed E-state index contributed by atoms with van der Waals surface area (Å²) < 4.78 is 11.8. The zero-order valence-corrected chi connectivity index (χ0v) is 13.5. The summed E-state index contributed by atoms with van der Waals surface area (Å²) in [5.41, 5.74) is 1.34. The van der Waals surface area contributed by atoms with Crippen molar-refractivity contribution in [3.8, 4) is 0 Å². The van der Waals surface area contributed by atoms with Crippen LogP contribution in [0.15, 0.2) is 10.5 Å². The molecule has 1 aliphatic carbocycles. The first kappa shape index (κ1) is 15.1. The minimum absolute atomic E-state index is 0.466. The first-order valence-electron chi connectivity index (χ1n) is 8.30. The second-order valence-electron chi connectivity index (χ2n) is 6.71. The summed E-state index contributed by atoms with van der Waals surface area (Å²) >= 11 is 0. The highest BCUT2D eigenvalue weighted by molar-refractivity contribution is 5.21. The lowest BCUT2D eigenvalue weighted by Gasteiger charge is -2.37. The van der Waals surface area contributed by atoms with Crippen molar-refractivity contribution in [3.05, 3.63) is 23.2 Å². The highest BCUT2D eigenvalue weighted by Gasteiger charge is 2.36. The Hall–Kier alpha value is -0.840. The average Bonchev–Trinajstić information content (AvgIpc) is 3.04. The Labute approximate surface area is 127 Å². The number of rotatable bonds is 5. The van der Waals surface area contributed by atoms with Gasteiger partial charge in [-0.15, -0.1) is 0 Å². The number of ether oxygens (including phenoxy) is 1. The molecule has 0 spiro atoms. The summed E-state index contributed by atoms with van der Waals surface area (Å²) in [6.07, 6.45) is 4.28. The Morgan fingerprint density at radius 1 is 1.38 bits per heavy atom. The Bertz CT molecular complexity index is 469. The molecule has 2 atom stereocenters. The molecular formula is C17H28N2O2. The van der Waals surface area contributed by atoms with Gasteiger partial charge >= 0.3 is 0 Å². The van der Waals surface area contributed by atoms with Crippen molar-refractivity contribution < 1.29 is 9.15 Å². The lowest BCUT2D eigenvalue weighted by atomic mass is 10.1. The molecule has 2 heterocycles. The van der Waals surface area contributed by atoms with E-state index in [2.05, 4.69) is 37.1 Å². The first-order valence-corrected chi connectivity index (χ1v) is 8.30. The molecule has 4 heteroatoms. The standard InChI is InChI=1S/C17H28N2O2/c1-12(2)18-10-15-9-14(13(3)21-15)11-19-7-8-20-17-6-4-5-16(17)19/h9,12,16-18H,4-8,10-11H2,1-3H3. The Morgan fingerprint density at radius 2 is 2.24 bits per heavy atom. The molecule has 0 aromatic carbocycles. The van der Waals surface area contributed by atoms with Gasteiger partial charge in [-0.2, -0.15) is 0 Å². The fourth-order valence-electron chi connectivity index (χ4n) is 3.56. The zero-order chi connectivity index (χ0) is 14.8. The van der Waals surface area contributed by atoms with Crippen molar-refractivity contribution in [1.29, 1.82) is 0 Å². The predicted octanol–water partition coefficient (Wildman–Crippen LogP) is 2.84. The van der Waals surface area contributed by atoms with Gasteiger partial charge in [-0.25, -0.2) is 0 Å². The van der Waals surface area contributed by atoms with Crippen LogP contribution in [0.2, 0.25) is 0 Å². The molecule has 1 aliphatic heterocycles. The fraction of sp³-hybridized carbons (Fsp3) is 0.765. The van der Waals surface area contributed by atoms with Crippen LogP contribution in [-0.4, -0.2) is 36.2 Å². The van der Waals surface area contributed by atoms with E-state index < -0.39 is 0 Å². The SMILES string of the molecule is Cc1oc(CNC(C)C)cc1CN1CCOC2CCCC21. The molecule has 2 unspecified atom stereocenters. The number of aryl methyl sites for hydroxylation is 1. The normalized spacial score (nSPS) is 26.5. The van der Waals surface area contributed by atoms with Crippen LogP contribution in [0.25, 0.3) is 0 Å². The van der Waals surface area contributed by atoms with Crippen LogP contribution in [0.5, 0.6) is 0 Å². The smallest absolute Gasteiger partial charge is 0.118 e. The molecule has 3 rings (SSSR count). The first-order chi connectivity index (χ1) is 10.1. The van der Waals surface area contributed by atoms with Crippen LogP contribution in [0.1, 0.15) is 50.2 Å². The van der Waals surface area contributed by atoms with Crippen molar-refractivity contribution in [2.24, 2.45) is 0 Å². The minimum Gasteiger partial charge on any atom is -0.465 e. The van der Waals surface area contributed by atoms with Gasteiger partial charge in [-0.05, 0) is 32.3 Å². The number of nitrogens with one attached hydrogen (secondary N) is 1. The van der Waals surface area contributed by atoms with Crippen molar-refractivity contribution in [2.45, 2.75) is 71.3 Å². The van der Waals surface area contributed by atoms with Gasteiger partial charge in [0, 0.05) is 30.7 Å². The Balaban J connectivity index is 1.64.